The molecular formula is C13H21NO2. The average molecular weight is 223 g/mol. The smallest absolute Gasteiger partial charge is 0.122 e. The van der Waals surface area contributed by atoms with E-state index in [2.05, 4.69) is 20.8 Å². The Kier molecular flexibility index (Phi) is 4.19. The standard InChI is InChI=1S/C13H21NO2/c1-13(2,3)11-9-10(16-8-7-14)5-6-12(11)15-4/h5-6,9H,7-8,14H2,1-4H3. The van der Waals surface area contributed by atoms with Gasteiger partial charge in [-0.15, -0.1) is 0 Å². The third-order valence-electron chi connectivity index (χ3n) is 2.37. The highest BCUT2D eigenvalue weighted by Crippen LogP contribution is 2.34. The van der Waals surface area contributed by atoms with Gasteiger partial charge in [0.25, 0.3) is 0 Å². The van der Waals surface area contributed by atoms with Crippen LogP contribution in [0.25, 0.3) is 0 Å². The lowest BCUT2D eigenvalue weighted by Crippen LogP contribution is -2.14. The van der Waals surface area contributed by atoms with Crippen LogP contribution in [0.15, 0.2) is 18.2 Å². The van der Waals surface area contributed by atoms with Gasteiger partial charge in [-0.05, 0) is 23.6 Å². The maximum Gasteiger partial charge on any atom is 0.122 e. The number of hydrogen-bond acceptors (Lipinski definition) is 3. The van der Waals surface area contributed by atoms with E-state index >= 15 is 0 Å². The van der Waals surface area contributed by atoms with E-state index < -0.39 is 0 Å². The van der Waals surface area contributed by atoms with E-state index in [1.165, 1.54) is 0 Å². The van der Waals surface area contributed by atoms with Crippen LogP contribution in [-0.2, 0) is 5.41 Å². The highest BCUT2D eigenvalue weighted by Gasteiger charge is 2.19. The Labute approximate surface area is 97.6 Å². The Morgan fingerprint density at radius 1 is 1.25 bits per heavy atom. The van der Waals surface area contributed by atoms with E-state index in [-0.39, 0.29) is 5.41 Å². The second-order valence-electron chi connectivity index (χ2n) is 4.75. The number of ether oxygens (including phenoxy) is 2. The van der Waals surface area contributed by atoms with Gasteiger partial charge in [0.1, 0.15) is 18.1 Å². The summed E-state index contributed by atoms with van der Waals surface area (Å²) in [5.41, 5.74) is 6.58. The first-order valence-electron chi connectivity index (χ1n) is 5.50. The molecule has 0 heterocycles. The van der Waals surface area contributed by atoms with Gasteiger partial charge < -0.3 is 15.2 Å². The molecule has 0 aliphatic heterocycles. The summed E-state index contributed by atoms with van der Waals surface area (Å²) >= 11 is 0. The summed E-state index contributed by atoms with van der Waals surface area (Å²) in [7, 11) is 1.69. The van der Waals surface area contributed by atoms with Crippen molar-refractivity contribution in [2.75, 3.05) is 20.3 Å². The normalized spacial score (nSPS) is 11.3. The zero-order valence-corrected chi connectivity index (χ0v) is 10.5. The summed E-state index contributed by atoms with van der Waals surface area (Å²) < 4.78 is 10.9. The van der Waals surface area contributed by atoms with Crippen LogP contribution in [-0.4, -0.2) is 20.3 Å². The van der Waals surface area contributed by atoms with Gasteiger partial charge in [0, 0.05) is 12.1 Å². The van der Waals surface area contributed by atoms with Gasteiger partial charge in [-0.2, -0.15) is 0 Å². The van der Waals surface area contributed by atoms with Gasteiger partial charge in [0.15, 0.2) is 0 Å². The lowest BCUT2D eigenvalue weighted by molar-refractivity contribution is 0.325. The number of hydrogen-bond donors (Lipinski definition) is 1. The zero-order chi connectivity index (χ0) is 12.2. The molecule has 0 atom stereocenters. The van der Waals surface area contributed by atoms with Crippen molar-refractivity contribution in [1.82, 2.24) is 0 Å². The zero-order valence-electron chi connectivity index (χ0n) is 10.5. The molecule has 0 fully saturated rings. The number of nitrogens with two attached hydrogens (primary N) is 1. The highest BCUT2D eigenvalue weighted by molar-refractivity contribution is 5.44. The fourth-order valence-electron chi connectivity index (χ4n) is 1.54. The van der Waals surface area contributed by atoms with Crippen molar-refractivity contribution >= 4 is 0 Å². The van der Waals surface area contributed by atoms with E-state index in [1.807, 2.05) is 18.2 Å². The van der Waals surface area contributed by atoms with Crippen molar-refractivity contribution in [2.45, 2.75) is 26.2 Å². The first kappa shape index (κ1) is 12.8. The monoisotopic (exact) mass is 223 g/mol. The second-order valence-corrected chi connectivity index (χ2v) is 4.75. The summed E-state index contributed by atoms with van der Waals surface area (Å²) in [5.74, 6) is 1.74. The molecule has 0 aliphatic rings. The van der Waals surface area contributed by atoms with Gasteiger partial charge in [-0.1, -0.05) is 20.8 Å². The molecule has 0 saturated carbocycles. The van der Waals surface area contributed by atoms with Crippen LogP contribution in [0.3, 0.4) is 0 Å². The third kappa shape index (κ3) is 3.14. The maximum atomic E-state index is 5.51. The average Bonchev–Trinajstić information content (AvgIpc) is 2.24. The van der Waals surface area contributed by atoms with Crippen LogP contribution in [0.4, 0.5) is 0 Å². The number of rotatable bonds is 4. The first-order chi connectivity index (χ1) is 7.49. The van der Waals surface area contributed by atoms with E-state index in [4.69, 9.17) is 15.2 Å². The van der Waals surface area contributed by atoms with Crippen molar-refractivity contribution in [3.8, 4) is 11.5 Å². The first-order valence-corrected chi connectivity index (χ1v) is 5.50. The van der Waals surface area contributed by atoms with Gasteiger partial charge in [0.05, 0.1) is 7.11 Å². The maximum absolute atomic E-state index is 5.51. The molecule has 0 saturated heterocycles. The SMILES string of the molecule is COc1ccc(OCCN)cc1C(C)(C)C. The van der Waals surface area contributed by atoms with E-state index in [9.17, 15) is 0 Å². The molecule has 90 valence electrons. The van der Waals surface area contributed by atoms with Gasteiger partial charge in [0.2, 0.25) is 0 Å². The number of benzene rings is 1. The molecule has 16 heavy (non-hydrogen) atoms. The fraction of sp³-hybridized carbons (Fsp3) is 0.538. The molecule has 0 aliphatic carbocycles. The predicted octanol–water partition coefficient (Wildman–Crippen LogP) is 2.33. The Morgan fingerprint density at radius 3 is 2.44 bits per heavy atom. The Morgan fingerprint density at radius 2 is 1.94 bits per heavy atom. The summed E-state index contributed by atoms with van der Waals surface area (Å²) in [4.78, 5) is 0. The molecule has 1 aromatic rings. The largest absolute Gasteiger partial charge is 0.496 e. The molecular weight excluding hydrogens is 202 g/mol. The fourth-order valence-corrected chi connectivity index (χ4v) is 1.54. The molecule has 0 amide bonds. The summed E-state index contributed by atoms with van der Waals surface area (Å²) in [5, 5.41) is 0. The Bertz CT molecular complexity index is 342. The molecule has 0 aromatic heterocycles. The molecule has 3 nitrogen and oxygen atoms in total. The van der Waals surface area contributed by atoms with Crippen LogP contribution < -0.4 is 15.2 Å². The number of methoxy groups -OCH3 is 1. The Balaban J connectivity index is 3.02. The minimum atomic E-state index is 0.0351. The van der Waals surface area contributed by atoms with Crippen molar-refractivity contribution in [3.05, 3.63) is 23.8 Å². The third-order valence-corrected chi connectivity index (χ3v) is 2.37. The van der Waals surface area contributed by atoms with E-state index in [0.717, 1.165) is 17.1 Å². The van der Waals surface area contributed by atoms with Crippen LogP contribution >= 0.6 is 0 Å². The highest BCUT2D eigenvalue weighted by atomic mass is 16.5. The molecule has 0 bridgehead atoms. The second kappa shape index (κ2) is 5.21. The van der Waals surface area contributed by atoms with E-state index in [1.54, 1.807) is 7.11 Å². The molecule has 1 aromatic carbocycles. The summed E-state index contributed by atoms with van der Waals surface area (Å²) in [6, 6.07) is 5.87. The van der Waals surface area contributed by atoms with Crippen LogP contribution in [0.5, 0.6) is 11.5 Å². The van der Waals surface area contributed by atoms with Crippen LogP contribution in [0.2, 0.25) is 0 Å². The van der Waals surface area contributed by atoms with Crippen molar-refractivity contribution in [1.29, 1.82) is 0 Å². The van der Waals surface area contributed by atoms with Gasteiger partial charge in [-0.3, -0.25) is 0 Å². The van der Waals surface area contributed by atoms with Crippen molar-refractivity contribution < 1.29 is 9.47 Å². The van der Waals surface area contributed by atoms with E-state index in [0.29, 0.717) is 13.2 Å². The van der Waals surface area contributed by atoms with Crippen LogP contribution in [0.1, 0.15) is 26.3 Å². The minimum Gasteiger partial charge on any atom is -0.496 e. The molecule has 0 spiro atoms. The van der Waals surface area contributed by atoms with Crippen LogP contribution in [0, 0.1) is 0 Å². The predicted molar refractivity (Wildman–Crippen MR) is 66.2 cm³/mol. The topological polar surface area (TPSA) is 44.5 Å². The summed E-state index contributed by atoms with van der Waals surface area (Å²) in [6.45, 7) is 7.51. The molecule has 2 N–H and O–H groups in total. The quantitative estimate of drug-likeness (QED) is 0.852. The molecule has 0 radical (unpaired) electrons. The Hall–Kier alpha value is -1.22. The van der Waals surface area contributed by atoms with Crippen molar-refractivity contribution in [3.63, 3.8) is 0 Å². The van der Waals surface area contributed by atoms with Gasteiger partial charge in [-0.25, -0.2) is 0 Å². The minimum absolute atomic E-state index is 0.0351. The molecule has 1 rings (SSSR count). The lowest BCUT2D eigenvalue weighted by atomic mass is 9.86. The lowest BCUT2D eigenvalue weighted by Gasteiger charge is -2.22. The molecule has 0 unspecified atom stereocenters. The molecule has 3 heteroatoms. The van der Waals surface area contributed by atoms with Crippen molar-refractivity contribution in [2.24, 2.45) is 5.73 Å². The van der Waals surface area contributed by atoms with Gasteiger partial charge >= 0.3 is 0 Å². The summed E-state index contributed by atoms with van der Waals surface area (Å²) in [6.07, 6.45) is 0.